The van der Waals surface area contributed by atoms with E-state index in [1.165, 1.54) is 6.07 Å². The van der Waals surface area contributed by atoms with Crippen LogP contribution < -0.4 is 0 Å². The topological polar surface area (TPSA) is 76.5 Å². The molecular weight excluding hydrogens is 198 g/mol. The molecule has 1 unspecified atom stereocenters. The van der Waals surface area contributed by atoms with Crippen molar-refractivity contribution >= 4 is 11.6 Å². The second kappa shape index (κ2) is 4.25. The first kappa shape index (κ1) is 10.0. The highest BCUT2D eigenvalue weighted by Gasteiger charge is 2.25. The van der Waals surface area contributed by atoms with E-state index >= 15 is 0 Å². The fourth-order valence-corrected chi connectivity index (χ4v) is 1.05. The monoisotopic (exact) mass is 205 g/mol. The van der Waals surface area contributed by atoms with Crippen molar-refractivity contribution in [1.29, 1.82) is 0 Å². The fourth-order valence-electron chi connectivity index (χ4n) is 0.906. The zero-order valence-corrected chi connectivity index (χ0v) is 7.40. The molecule has 6 heteroatoms. The molecule has 1 rings (SSSR count). The SMILES string of the molecule is O=[N+]([O-])C(CO)c1ccc(CCl)o1. The predicted octanol–water partition coefficient (Wildman–Crippen LogP) is 1.33. The van der Waals surface area contributed by atoms with Gasteiger partial charge in [0.05, 0.1) is 5.88 Å². The maximum absolute atomic E-state index is 10.4. The van der Waals surface area contributed by atoms with Crippen molar-refractivity contribution < 1.29 is 14.4 Å². The first-order valence-electron chi connectivity index (χ1n) is 3.58. The Morgan fingerprint density at radius 1 is 1.69 bits per heavy atom. The summed E-state index contributed by atoms with van der Waals surface area (Å²) in [5, 5.41) is 19.1. The molecule has 0 aliphatic heterocycles. The van der Waals surface area contributed by atoms with Crippen molar-refractivity contribution in [3.63, 3.8) is 0 Å². The number of nitrogens with zero attached hydrogens (tertiary/aromatic N) is 1. The van der Waals surface area contributed by atoms with E-state index in [4.69, 9.17) is 21.1 Å². The Morgan fingerprint density at radius 3 is 2.77 bits per heavy atom. The first-order chi connectivity index (χ1) is 6.19. The zero-order chi connectivity index (χ0) is 9.84. The molecular formula is C7H8ClNO4. The molecule has 0 saturated heterocycles. The van der Waals surface area contributed by atoms with Crippen molar-refractivity contribution in [3.8, 4) is 0 Å². The van der Waals surface area contributed by atoms with Gasteiger partial charge in [-0.2, -0.15) is 0 Å². The van der Waals surface area contributed by atoms with E-state index in [-0.39, 0.29) is 11.6 Å². The number of aliphatic hydroxyl groups is 1. The minimum Gasteiger partial charge on any atom is -0.457 e. The summed E-state index contributed by atoms with van der Waals surface area (Å²) >= 11 is 5.44. The third-order valence-electron chi connectivity index (χ3n) is 1.57. The fraction of sp³-hybridized carbons (Fsp3) is 0.429. The molecule has 0 amide bonds. The molecule has 0 saturated carbocycles. The number of halogens is 1. The van der Waals surface area contributed by atoms with Gasteiger partial charge in [-0.1, -0.05) is 0 Å². The quantitative estimate of drug-likeness (QED) is 0.457. The highest BCUT2D eigenvalue weighted by Crippen LogP contribution is 2.19. The van der Waals surface area contributed by atoms with Crippen LogP contribution in [-0.4, -0.2) is 16.6 Å². The lowest BCUT2D eigenvalue weighted by molar-refractivity contribution is -0.535. The van der Waals surface area contributed by atoms with Gasteiger partial charge in [0.2, 0.25) is 0 Å². The van der Waals surface area contributed by atoms with Crippen molar-refractivity contribution in [1.82, 2.24) is 0 Å². The molecule has 0 radical (unpaired) electrons. The molecule has 72 valence electrons. The van der Waals surface area contributed by atoms with Crippen LogP contribution in [0, 0.1) is 10.1 Å². The molecule has 0 spiro atoms. The number of aliphatic hydroxyl groups excluding tert-OH is 1. The number of hydrogen-bond acceptors (Lipinski definition) is 4. The van der Waals surface area contributed by atoms with Gasteiger partial charge in [-0.15, -0.1) is 11.6 Å². The molecule has 0 aromatic carbocycles. The maximum atomic E-state index is 10.4. The van der Waals surface area contributed by atoms with Crippen LogP contribution in [-0.2, 0) is 5.88 Å². The first-order valence-corrected chi connectivity index (χ1v) is 4.11. The van der Waals surface area contributed by atoms with Gasteiger partial charge in [0, 0.05) is 4.92 Å². The summed E-state index contributed by atoms with van der Waals surface area (Å²) in [6.45, 7) is -0.581. The molecule has 0 aliphatic carbocycles. The van der Waals surface area contributed by atoms with Crippen LogP contribution in [0.5, 0.6) is 0 Å². The molecule has 1 atom stereocenters. The predicted molar refractivity (Wildman–Crippen MR) is 45.1 cm³/mol. The van der Waals surface area contributed by atoms with E-state index in [0.717, 1.165) is 0 Å². The van der Waals surface area contributed by atoms with E-state index in [0.29, 0.717) is 5.76 Å². The van der Waals surface area contributed by atoms with Gasteiger partial charge >= 0.3 is 0 Å². The third kappa shape index (κ3) is 2.19. The Balaban J connectivity index is 2.85. The molecule has 0 aliphatic rings. The Labute approximate surface area is 79.1 Å². The summed E-state index contributed by atoms with van der Waals surface area (Å²) in [4.78, 5) is 9.78. The lowest BCUT2D eigenvalue weighted by atomic mass is 10.2. The lowest BCUT2D eigenvalue weighted by Gasteiger charge is -2.01. The summed E-state index contributed by atoms with van der Waals surface area (Å²) in [5.74, 6) is 0.746. The zero-order valence-electron chi connectivity index (χ0n) is 6.64. The maximum Gasteiger partial charge on any atom is 0.292 e. The molecule has 5 nitrogen and oxygen atoms in total. The third-order valence-corrected chi connectivity index (χ3v) is 1.83. The Morgan fingerprint density at radius 2 is 2.38 bits per heavy atom. The number of nitro groups is 1. The van der Waals surface area contributed by atoms with Gasteiger partial charge in [0.15, 0.2) is 5.76 Å². The van der Waals surface area contributed by atoms with Crippen molar-refractivity contribution in [2.45, 2.75) is 11.9 Å². The number of rotatable bonds is 4. The van der Waals surface area contributed by atoms with Crippen LogP contribution in [0.3, 0.4) is 0 Å². The van der Waals surface area contributed by atoms with Crippen molar-refractivity contribution in [3.05, 3.63) is 33.8 Å². The van der Waals surface area contributed by atoms with Crippen LogP contribution >= 0.6 is 11.6 Å². The summed E-state index contributed by atoms with van der Waals surface area (Å²) in [6.07, 6.45) is 0. The van der Waals surface area contributed by atoms with Crippen LogP contribution in [0.15, 0.2) is 16.5 Å². The van der Waals surface area contributed by atoms with Gasteiger partial charge < -0.3 is 9.52 Å². The summed E-state index contributed by atoms with van der Waals surface area (Å²) in [6, 6.07) is 1.80. The van der Waals surface area contributed by atoms with Crippen LogP contribution in [0.25, 0.3) is 0 Å². The standard InChI is InChI=1S/C7H8ClNO4/c8-3-5-1-2-7(13-5)6(4-10)9(11)12/h1-2,6,10H,3-4H2. The molecule has 0 fully saturated rings. The van der Waals surface area contributed by atoms with Crippen molar-refractivity contribution in [2.24, 2.45) is 0 Å². The Kier molecular flexibility index (Phi) is 3.27. The second-order valence-corrected chi connectivity index (χ2v) is 2.69. The van der Waals surface area contributed by atoms with Gasteiger partial charge in [-0.3, -0.25) is 10.1 Å². The van der Waals surface area contributed by atoms with E-state index in [2.05, 4.69) is 0 Å². The number of alkyl halides is 1. The minimum absolute atomic E-state index is 0.128. The molecule has 13 heavy (non-hydrogen) atoms. The molecule has 1 heterocycles. The minimum atomic E-state index is -1.20. The highest BCUT2D eigenvalue weighted by molar-refractivity contribution is 6.16. The van der Waals surface area contributed by atoms with E-state index < -0.39 is 17.6 Å². The van der Waals surface area contributed by atoms with Gasteiger partial charge in [-0.05, 0) is 12.1 Å². The van der Waals surface area contributed by atoms with Gasteiger partial charge in [-0.25, -0.2) is 0 Å². The summed E-state index contributed by atoms with van der Waals surface area (Å²) in [5.41, 5.74) is 0. The van der Waals surface area contributed by atoms with Crippen molar-refractivity contribution in [2.75, 3.05) is 6.61 Å². The summed E-state index contributed by atoms with van der Waals surface area (Å²) in [7, 11) is 0. The van der Waals surface area contributed by atoms with Crippen LogP contribution in [0.4, 0.5) is 0 Å². The van der Waals surface area contributed by atoms with Crippen LogP contribution in [0.2, 0.25) is 0 Å². The lowest BCUT2D eigenvalue weighted by Crippen LogP contribution is -2.13. The smallest absolute Gasteiger partial charge is 0.292 e. The van der Waals surface area contributed by atoms with E-state index in [1.807, 2.05) is 0 Å². The molecule has 0 bridgehead atoms. The largest absolute Gasteiger partial charge is 0.457 e. The Hall–Kier alpha value is -1.07. The molecule has 1 aromatic rings. The van der Waals surface area contributed by atoms with Gasteiger partial charge in [0.1, 0.15) is 12.4 Å². The average Bonchev–Trinajstić information content (AvgIpc) is 2.53. The number of hydrogen-bond donors (Lipinski definition) is 1. The van der Waals surface area contributed by atoms with Crippen LogP contribution in [0.1, 0.15) is 17.6 Å². The van der Waals surface area contributed by atoms with E-state index in [1.54, 1.807) is 6.07 Å². The van der Waals surface area contributed by atoms with Gasteiger partial charge in [0.25, 0.3) is 6.04 Å². The average molecular weight is 206 g/mol. The van der Waals surface area contributed by atoms with E-state index in [9.17, 15) is 10.1 Å². The number of furan rings is 1. The highest BCUT2D eigenvalue weighted by atomic mass is 35.5. The second-order valence-electron chi connectivity index (χ2n) is 2.42. The molecule has 1 N–H and O–H groups in total. The molecule has 1 aromatic heterocycles. The summed E-state index contributed by atoms with van der Waals surface area (Å²) < 4.78 is 5.01. The Bertz CT molecular complexity index is 298. The normalized spacial score (nSPS) is 12.8.